The molecule has 0 aliphatic heterocycles. The number of halogens is 3. The van der Waals surface area contributed by atoms with Crippen molar-refractivity contribution < 1.29 is 17.9 Å². The minimum absolute atomic E-state index is 0.0726. The fraction of sp³-hybridized carbons (Fsp3) is 0.286. The van der Waals surface area contributed by atoms with Crippen molar-refractivity contribution in [1.29, 1.82) is 0 Å². The highest BCUT2D eigenvalue weighted by Crippen LogP contribution is 2.31. The van der Waals surface area contributed by atoms with Gasteiger partial charge in [-0.15, -0.1) is 0 Å². The molecule has 1 N–H and O–H groups in total. The molecule has 0 unspecified atom stereocenters. The van der Waals surface area contributed by atoms with E-state index in [1.807, 2.05) is 6.07 Å². The quantitative estimate of drug-likeness (QED) is 0.925. The molecule has 2 rings (SSSR count). The molecule has 0 bridgehead atoms. The summed E-state index contributed by atoms with van der Waals surface area (Å²) in [4.78, 5) is 6.86. The molecule has 7 heteroatoms. The second kappa shape index (κ2) is 5.99. The van der Waals surface area contributed by atoms with Crippen molar-refractivity contribution in [1.82, 2.24) is 9.97 Å². The molecule has 112 valence electrons. The SMILES string of the molecule is CCNc1cc(Oc2ccccc2C)nc(C(F)(F)F)n1. The van der Waals surface area contributed by atoms with Gasteiger partial charge in [0.1, 0.15) is 11.6 Å². The van der Waals surface area contributed by atoms with Crippen LogP contribution in [-0.4, -0.2) is 16.5 Å². The van der Waals surface area contributed by atoms with Crippen molar-refractivity contribution in [2.24, 2.45) is 0 Å². The molecule has 0 spiro atoms. The van der Waals surface area contributed by atoms with E-state index in [-0.39, 0.29) is 11.7 Å². The zero-order chi connectivity index (χ0) is 15.5. The molecule has 0 aliphatic rings. The van der Waals surface area contributed by atoms with Gasteiger partial charge in [-0.2, -0.15) is 18.2 Å². The summed E-state index contributed by atoms with van der Waals surface area (Å²) >= 11 is 0. The average molecular weight is 297 g/mol. The number of ether oxygens (including phenoxy) is 1. The molecule has 2 aromatic rings. The first-order valence-electron chi connectivity index (χ1n) is 6.33. The molecule has 4 nitrogen and oxygen atoms in total. The average Bonchev–Trinajstić information content (AvgIpc) is 2.41. The summed E-state index contributed by atoms with van der Waals surface area (Å²) in [7, 11) is 0. The number of hydrogen-bond donors (Lipinski definition) is 1. The maximum Gasteiger partial charge on any atom is 0.451 e. The number of aryl methyl sites for hydroxylation is 1. The summed E-state index contributed by atoms with van der Waals surface area (Å²) in [6, 6.07) is 8.35. The fourth-order valence-electron chi connectivity index (χ4n) is 1.66. The minimum Gasteiger partial charge on any atom is -0.439 e. The van der Waals surface area contributed by atoms with E-state index in [0.717, 1.165) is 5.56 Å². The Labute approximate surface area is 120 Å². The van der Waals surface area contributed by atoms with Crippen LogP contribution in [-0.2, 0) is 6.18 Å². The Kier molecular flexibility index (Phi) is 4.30. The number of nitrogens with one attached hydrogen (secondary N) is 1. The van der Waals surface area contributed by atoms with E-state index in [9.17, 15) is 13.2 Å². The van der Waals surface area contributed by atoms with Crippen molar-refractivity contribution in [2.45, 2.75) is 20.0 Å². The highest BCUT2D eigenvalue weighted by molar-refractivity contribution is 5.41. The number of aromatic nitrogens is 2. The lowest BCUT2D eigenvalue weighted by molar-refractivity contribution is -0.145. The van der Waals surface area contributed by atoms with Gasteiger partial charge in [-0.3, -0.25) is 0 Å². The Morgan fingerprint density at radius 3 is 2.52 bits per heavy atom. The number of benzene rings is 1. The largest absolute Gasteiger partial charge is 0.451 e. The van der Waals surface area contributed by atoms with Crippen LogP contribution in [0.25, 0.3) is 0 Å². The molecule has 0 fully saturated rings. The highest BCUT2D eigenvalue weighted by Gasteiger charge is 2.35. The first-order chi connectivity index (χ1) is 9.90. The van der Waals surface area contributed by atoms with Crippen LogP contribution in [0.2, 0.25) is 0 Å². The van der Waals surface area contributed by atoms with Gasteiger partial charge in [0.2, 0.25) is 11.7 Å². The molecule has 1 aromatic heterocycles. The number of rotatable bonds is 4. The van der Waals surface area contributed by atoms with Gasteiger partial charge in [0.25, 0.3) is 0 Å². The van der Waals surface area contributed by atoms with Crippen LogP contribution in [0.15, 0.2) is 30.3 Å². The molecule has 0 atom stereocenters. The van der Waals surface area contributed by atoms with E-state index in [4.69, 9.17) is 4.74 Å². The smallest absolute Gasteiger partial charge is 0.439 e. The van der Waals surface area contributed by atoms with Crippen molar-refractivity contribution in [3.05, 3.63) is 41.7 Å². The van der Waals surface area contributed by atoms with E-state index in [1.165, 1.54) is 6.07 Å². The van der Waals surface area contributed by atoms with Crippen LogP contribution in [0.1, 0.15) is 18.3 Å². The van der Waals surface area contributed by atoms with Gasteiger partial charge in [0, 0.05) is 12.6 Å². The first kappa shape index (κ1) is 15.1. The van der Waals surface area contributed by atoms with Crippen LogP contribution in [0.5, 0.6) is 11.6 Å². The van der Waals surface area contributed by atoms with Gasteiger partial charge in [0.15, 0.2) is 0 Å². The molecule has 21 heavy (non-hydrogen) atoms. The summed E-state index contributed by atoms with van der Waals surface area (Å²) < 4.78 is 43.8. The second-order valence-electron chi connectivity index (χ2n) is 4.31. The van der Waals surface area contributed by atoms with Gasteiger partial charge < -0.3 is 10.1 Å². The summed E-state index contributed by atoms with van der Waals surface area (Å²) in [5.74, 6) is -0.859. The third-order valence-electron chi connectivity index (χ3n) is 2.62. The van der Waals surface area contributed by atoms with Crippen LogP contribution < -0.4 is 10.1 Å². The number of alkyl halides is 3. The molecule has 0 aliphatic carbocycles. The standard InChI is InChI=1S/C14H14F3N3O/c1-3-18-11-8-12(20-13(19-11)14(15,16)17)21-10-7-5-4-6-9(10)2/h4-8H,3H2,1-2H3,(H,18,19,20). The van der Waals surface area contributed by atoms with Crippen molar-refractivity contribution in [3.8, 4) is 11.6 Å². The Morgan fingerprint density at radius 2 is 1.90 bits per heavy atom. The van der Waals surface area contributed by atoms with Crippen LogP contribution in [0, 0.1) is 6.92 Å². The summed E-state index contributed by atoms with van der Waals surface area (Å²) in [5.41, 5.74) is 0.801. The predicted octanol–water partition coefficient (Wildman–Crippen LogP) is 4.03. The molecule has 0 amide bonds. The summed E-state index contributed by atoms with van der Waals surface area (Å²) in [6.07, 6.45) is -4.63. The van der Waals surface area contributed by atoms with E-state index >= 15 is 0 Å². The van der Waals surface area contributed by atoms with E-state index in [1.54, 1.807) is 32.0 Å². The van der Waals surface area contributed by atoms with E-state index in [2.05, 4.69) is 15.3 Å². The molecule has 1 heterocycles. The van der Waals surface area contributed by atoms with Crippen LogP contribution in [0.3, 0.4) is 0 Å². The monoisotopic (exact) mass is 297 g/mol. The topological polar surface area (TPSA) is 47.0 Å². The van der Waals surface area contributed by atoms with Crippen molar-refractivity contribution in [3.63, 3.8) is 0 Å². The maximum absolute atomic E-state index is 12.8. The van der Waals surface area contributed by atoms with Gasteiger partial charge in [-0.25, -0.2) is 4.98 Å². The first-order valence-corrected chi connectivity index (χ1v) is 6.33. The van der Waals surface area contributed by atoms with Crippen molar-refractivity contribution >= 4 is 5.82 Å². The Morgan fingerprint density at radius 1 is 1.19 bits per heavy atom. The zero-order valence-corrected chi connectivity index (χ0v) is 11.5. The van der Waals surface area contributed by atoms with Gasteiger partial charge in [0.05, 0.1) is 0 Å². The van der Waals surface area contributed by atoms with Gasteiger partial charge in [-0.1, -0.05) is 18.2 Å². The molecule has 0 saturated carbocycles. The van der Waals surface area contributed by atoms with Crippen molar-refractivity contribution in [2.75, 3.05) is 11.9 Å². The minimum atomic E-state index is -4.63. The van der Waals surface area contributed by atoms with E-state index in [0.29, 0.717) is 12.3 Å². The Hall–Kier alpha value is -2.31. The summed E-state index contributed by atoms with van der Waals surface area (Å²) in [5, 5.41) is 2.73. The highest BCUT2D eigenvalue weighted by atomic mass is 19.4. The molecule has 1 aromatic carbocycles. The normalized spacial score (nSPS) is 11.3. The van der Waals surface area contributed by atoms with Gasteiger partial charge in [-0.05, 0) is 25.5 Å². The Balaban J connectivity index is 2.38. The number of anilines is 1. The number of nitrogens with zero attached hydrogens (tertiary/aromatic N) is 2. The number of para-hydroxylation sites is 1. The zero-order valence-electron chi connectivity index (χ0n) is 11.5. The molecular weight excluding hydrogens is 283 g/mol. The second-order valence-corrected chi connectivity index (χ2v) is 4.31. The fourth-order valence-corrected chi connectivity index (χ4v) is 1.66. The molecular formula is C14H14F3N3O. The summed E-state index contributed by atoms with van der Waals surface area (Å²) in [6.45, 7) is 4.00. The van der Waals surface area contributed by atoms with Crippen LogP contribution in [0.4, 0.5) is 19.0 Å². The number of hydrogen-bond acceptors (Lipinski definition) is 4. The molecule has 0 saturated heterocycles. The van der Waals surface area contributed by atoms with Gasteiger partial charge >= 0.3 is 6.18 Å². The molecule has 0 radical (unpaired) electrons. The lowest BCUT2D eigenvalue weighted by atomic mass is 10.2. The third-order valence-corrected chi connectivity index (χ3v) is 2.62. The lowest BCUT2D eigenvalue weighted by Crippen LogP contribution is -2.13. The predicted molar refractivity (Wildman–Crippen MR) is 72.5 cm³/mol. The lowest BCUT2D eigenvalue weighted by Gasteiger charge is -2.12. The third kappa shape index (κ3) is 3.84. The van der Waals surface area contributed by atoms with E-state index < -0.39 is 12.0 Å². The van der Waals surface area contributed by atoms with Crippen LogP contribution >= 0.6 is 0 Å². The Bertz CT molecular complexity index is 629. The maximum atomic E-state index is 12.8.